The maximum Gasteiger partial charge on any atom is 0.146 e. The zero-order valence-electron chi connectivity index (χ0n) is 10.5. The maximum absolute atomic E-state index is 5.80. The van der Waals surface area contributed by atoms with E-state index in [0.717, 1.165) is 28.1 Å². The number of aromatic nitrogens is 1. The van der Waals surface area contributed by atoms with Crippen LogP contribution in [0.2, 0.25) is 0 Å². The average Bonchev–Trinajstić information content (AvgIpc) is 3.21. The van der Waals surface area contributed by atoms with Gasteiger partial charge in [-0.2, -0.15) is 0 Å². The Morgan fingerprint density at radius 3 is 2.89 bits per heavy atom. The number of hydrogen-bond acceptors (Lipinski definition) is 3. The first-order valence-electron chi connectivity index (χ1n) is 6.40. The van der Waals surface area contributed by atoms with Gasteiger partial charge in [0.25, 0.3) is 0 Å². The Morgan fingerprint density at radius 1 is 1.21 bits per heavy atom. The second kappa shape index (κ2) is 5.72. The minimum Gasteiger partial charge on any atom is -0.456 e. The fourth-order valence-corrected chi connectivity index (χ4v) is 2.21. The SMILES string of the molecule is Brc1cccc(Oc2cncc(CNC3CC3)c2)c1. The van der Waals surface area contributed by atoms with E-state index in [1.807, 2.05) is 36.5 Å². The van der Waals surface area contributed by atoms with Crippen LogP contribution in [0.25, 0.3) is 0 Å². The third-order valence-corrected chi connectivity index (χ3v) is 3.47. The van der Waals surface area contributed by atoms with E-state index in [4.69, 9.17) is 4.74 Å². The van der Waals surface area contributed by atoms with Gasteiger partial charge in [0.1, 0.15) is 11.5 Å². The van der Waals surface area contributed by atoms with Gasteiger partial charge < -0.3 is 10.1 Å². The van der Waals surface area contributed by atoms with Gasteiger partial charge in [0.15, 0.2) is 0 Å². The molecule has 19 heavy (non-hydrogen) atoms. The van der Waals surface area contributed by atoms with Crippen molar-refractivity contribution in [2.75, 3.05) is 0 Å². The molecular formula is C15H15BrN2O. The molecule has 1 fully saturated rings. The Balaban J connectivity index is 1.67. The van der Waals surface area contributed by atoms with Gasteiger partial charge in [0.05, 0.1) is 6.20 Å². The minimum absolute atomic E-state index is 0.703. The van der Waals surface area contributed by atoms with E-state index in [0.29, 0.717) is 6.04 Å². The summed E-state index contributed by atoms with van der Waals surface area (Å²) in [7, 11) is 0. The molecule has 3 nitrogen and oxygen atoms in total. The van der Waals surface area contributed by atoms with Crippen LogP contribution in [0, 0.1) is 0 Å². The first-order valence-corrected chi connectivity index (χ1v) is 7.19. The summed E-state index contributed by atoms with van der Waals surface area (Å²) < 4.78 is 6.81. The molecule has 2 aromatic rings. The fraction of sp³-hybridized carbons (Fsp3) is 0.267. The Kier molecular flexibility index (Phi) is 3.80. The van der Waals surface area contributed by atoms with Crippen LogP contribution in [0.4, 0.5) is 0 Å². The van der Waals surface area contributed by atoms with Gasteiger partial charge in [-0.3, -0.25) is 4.98 Å². The summed E-state index contributed by atoms with van der Waals surface area (Å²) in [6.45, 7) is 0.855. The van der Waals surface area contributed by atoms with Crippen LogP contribution in [0.3, 0.4) is 0 Å². The third-order valence-electron chi connectivity index (χ3n) is 2.97. The lowest BCUT2D eigenvalue weighted by Gasteiger charge is -2.08. The van der Waals surface area contributed by atoms with Gasteiger partial charge in [-0.25, -0.2) is 0 Å². The molecule has 1 aromatic heterocycles. The topological polar surface area (TPSA) is 34.1 Å². The zero-order valence-corrected chi connectivity index (χ0v) is 12.1. The number of rotatable bonds is 5. The van der Waals surface area contributed by atoms with E-state index in [2.05, 4.69) is 26.2 Å². The highest BCUT2D eigenvalue weighted by atomic mass is 79.9. The normalized spacial score (nSPS) is 14.4. The lowest BCUT2D eigenvalue weighted by atomic mass is 10.2. The molecule has 4 heteroatoms. The standard InChI is InChI=1S/C15H15BrN2O/c16-12-2-1-3-14(7-12)19-15-6-11(8-17-10-15)9-18-13-4-5-13/h1-3,6-8,10,13,18H,4-5,9H2. The molecule has 0 unspecified atom stereocenters. The summed E-state index contributed by atoms with van der Waals surface area (Å²) in [6.07, 6.45) is 6.20. The van der Waals surface area contributed by atoms with Crippen LogP contribution in [-0.4, -0.2) is 11.0 Å². The molecule has 0 saturated heterocycles. The maximum atomic E-state index is 5.80. The van der Waals surface area contributed by atoms with Crippen LogP contribution >= 0.6 is 15.9 Å². The van der Waals surface area contributed by atoms with Crippen LogP contribution in [0.1, 0.15) is 18.4 Å². The molecular weight excluding hydrogens is 304 g/mol. The third kappa shape index (κ3) is 3.78. The fourth-order valence-electron chi connectivity index (χ4n) is 1.83. The summed E-state index contributed by atoms with van der Waals surface area (Å²) in [4.78, 5) is 4.22. The Morgan fingerprint density at radius 2 is 2.11 bits per heavy atom. The number of pyridine rings is 1. The number of benzene rings is 1. The van der Waals surface area contributed by atoms with Crippen molar-refractivity contribution in [3.63, 3.8) is 0 Å². The lowest BCUT2D eigenvalue weighted by Crippen LogP contribution is -2.15. The minimum atomic E-state index is 0.703. The second-order valence-corrected chi connectivity index (χ2v) is 5.66. The molecule has 1 saturated carbocycles. The van der Waals surface area contributed by atoms with Crippen molar-refractivity contribution in [2.24, 2.45) is 0 Å². The van der Waals surface area contributed by atoms with E-state index in [9.17, 15) is 0 Å². The van der Waals surface area contributed by atoms with Gasteiger partial charge >= 0.3 is 0 Å². The van der Waals surface area contributed by atoms with Crippen molar-refractivity contribution in [3.8, 4) is 11.5 Å². The second-order valence-electron chi connectivity index (χ2n) is 4.74. The van der Waals surface area contributed by atoms with Crippen LogP contribution < -0.4 is 10.1 Å². The number of ether oxygens (including phenoxy) is 1. The summed E-state index contributed by atoms with van der Waals surface area (Å²) in [6, 6.07) is 10.5. The Bertz CT molecular complexity index is 570. The van der Waals surface area contributed by atoms with E-state index in [1.54, 1.807) is 6.20 Å². The highest BCUT2D eigenvalue weighted by Crippen LogP contribution is 2.25. The average molecular weight is 319 g/mol. The molecule has 0 amide bonds. The molecule has 1 aliphatic rings. The number of nitrogens with zero attached hydrogens (tertiary/aromatic N) is 1. The molecule has 1 aliphatic carbocycles. The summed E-state index contributed by atoms with van der Waals surface area (Å²) >= 11 is 3.43. The molecule has 98 valence electrons. The van der Waals surface area contributed by atoms with Crippen molar-refractivity contribution in [1.82, 2.24) is 10.3 Å². The smallest absolute Gasteiger partial charge is 0.146 e. The molecule has 0 bridgehead atoms. The first kappa shape index (κ1) is 12.6. The Labute approximate surface area is 121 Å². The zero-order chi connectivity index (χ0) is 13.1. The van der Waals surface area contributed by atoms with Crippen LogP contribution in [-0.2, 0) is 6.54 Å². The van der Waals surface area contributed by atoms with Gasteiger partial charge in [0.2, 0.25) is 0 Å². The number of nitrogens with one attached hydrogen (secondary N) is 1. The van der Waals surface area contributed by atoms with Gasteiger partial charge in [-0.05, 0) is 42.7 Å². The summed E-state index contributed by atoms with van der Waals surface area (Å²) in [5.74, 6) is 1.58. The van der Waals surface area contributed by atoms with Crippen LogP contribution in [0.15, 0.2) is 47.2 Å². The van der Waals surface area contributed by atoms with Crippen molar-refractivity contribution in [2.45, 2.75) is 25.4 Å². The van der Waals surface area contributed by atoms with Gasteiger partial charge in [0, 0.05) is 23.3 Å². The van der Waals surface area contributed by atoms with Crippen molar-refractivity contribution in [3.05, 3.63) is 52.8 Å². The summed E-state index contributed by atoms with van der Waals surface area (Å²) in [5.41, 5.74) is 1.15. The van der Waals surface area contributed by atoms with Crippen molar-refractivity contribution >= 4 is 15.9 Å². The Hall–Kier alpha value is -1.39. The molecule has 0 atom stereocenters. The highest BCUT2D eigenvalue weighted by molar-refractivity contribution is 9.10. The van der Waals surface area contributed by atoms with Crippen molar-refractivity contribution < 1.29 is 4.74 Å². The quantitative estimate of drug-likeness (QED) is 0.908. The number of halogens is 1. The van der Waals surface area contributed by atoms with E-state index >= 15 is 0 Å². The molecule has 3 rings (SSSR count). The predicted octanol–water partition coefficient (Wildman–Crippen LogP) is 3.89. The van der Waals surface area contributed by atoms with Crippen LogP contribution in [0.5, 0.6) is 11.5 Å². The molecule has 1 heterocycles. The van der Waals surface area contributed by atoms with Gasteiger partial charge in [-0.1, -0.05) is 22.0 Å². The molecule has 0 aliphatic heterocycles. The molecule has 1 aromatic carbocycles. The lowest BCUT2D eigenvalue weighted by molar-refractivity contribution is 0.478. The van der Waals surface area contributed by atoms with E-state index in [1.165, 1.54) is 12.8 Å². The predicted molar refractivity (Wildman–Crippen MR) is 78.3 cm³/mol. The van der Waals surface area contributed by atoms with E-state index < -0.39 is 0 Å². The highest BCUT2D eigenvalue weighted by Gasteiger charge is 2.19. The summed E-state index contributed by atoms with van der Waals surface area (Å²) in [5, 5.41) is 3.47. The monoisotopic (exact) mass is 318 g/mol. The first-order chi connectivity index (χ1) is 9.29. The van der Waals surface area contributed by atoms with Gasteiger partial charge in [-0.15, -0.1) is 0 Å². The largest absolute Gasteiger partial charge is 0.456 e. The molecule has 1 N–H and O–H groups in total. The molecule has 0 spiro atoms. The number of hydrogen-bond donors (Lipinski definition) is 1. The van der Waals surface area contributed by atoms with E-state index in [-0.39, 0.29) is 0 Å². The molecule has 0 radical (unpaired) electrons. The van der Waals surface area contributed by atoms with Crippen molar-refractivity contribution in [1.29, 1.82) is 0 Å².